The van der Waals surface area contributed by atoms with Crippen molar-refractivity contribution in [2.24, 2.45) is 5.10 Å². The zero-order chi connectivity index (χ0) is 24.5. The highest BCUT2D eigenvalue weighted by Crippen LogP contribution is 2.34. The number of ether oxygens (including phenoxy) is 2. The van der Waals surface area contributed by atoms with Crippen molar-refractivity contribution in [3.05, 3.63) is 90.5 Å². The summed E-state index contributed by atoms with van der Waals surface area (Å²) in [4.78, 5) is 23.3. The van der Waals surface area contributed by atoms with Crippen LogP contribution < -0.4 is 14.9 Å². The van der Waals surface area contributed by atoms with E-state index in [1.807, 2.05) is 18.2 Å². The van der Waals surface area contributed by atoms with Gasteiger partial charge in [0.15, 0.2) is 11.5 Å². The van der Waals surface area contributed by atoms with Crippen molar-refractivity contribution in [3.63, 3.8) is 0 Å². The van der Waals surface area contributed by atoms with Crippen LogP contribution in [0.3, 0.4) is 0 Å². The SMILES string of the molecule is COc1cc(/C=N\NC(=O)CSc2ccc(Cl)cc2)cc(I)c1OCc1ccc([N+](=O)[O-])cc1. The molecule has 0 saturated heterocycles. The number of amides is 1. The Morgan fingerprint density at radius 3 is 2.56 bits per heavy atom. The van der Waals surface area contributed by atoms with Crippen molar-refractivity contribution in [1.29, 1.82) is 0 Å². The molecule has 3 rings (SSSR count). The Morgan fingerprint density at radius 1 is 1.21 bits per heavy atom. The van der Waals surface area contributed by atoms with Crippen LogP contribution in [-0.2, 0) is 11.4 Å². The monoisotopic (exact) mass is 611 g/mol. The molecule has 0 bridgehead atoms. The lowest BCUT2D eigenvalue weighted by Crippen LogP contribution is -2.19. The van der Waals surface area contributed by atoms with E-state index in [0.717, 1.165) is 19.6 Å². The second-order valence-corrected chi connectivity index (χ2v) is 9.43. The average molecular weight is 612 g/mol. The van der Waals surface area contributed by atoms with Crippen molar-refractivity contribution in [3.8, 4) is 11.5 Å². The number of thioether (sulfide) groups is 1. The first-order valence-corrected chi connectivity index (χ1v) is 12.2. The number of methoxy groups -OCH3 is 1. The first kappa shape index (κ1) is 25.8. The summed E-state index contributed by atoms with van der Waals surface area (Å²) >= 11 is 9.37. The molecule has 0 aromatic heterocycles. The highest BCUT2D eigenvalue weighted by Gasteiger charge is 2.12. The van der Waals surface area contributed by atoms with E-state index in [2.05, 4.69) is 33.1 Å². The smallest absolute Gasteiger partial charge is 0.269 e. The summed E-state index contributed by atoms with van der Waals surface area (Å²) in [5.74, 6) is 1.03. The second-order valence-electron chi connectivity index (χ2n) is 6.78. The van der Waals surface area contributed by atoms with Gasteiger partial charge in [0.1, 0.15) is 6.61 Å². The van der Waals surface area contributed by atoms with Gasteiger partial charge in [-0.1, -0.05) is 11.6 Å². The van der Waals surface area contributed by atoms with E-state index in [-0.39, 0.29) is 24.0 Å². The van der Waals surface area contributed by atoms with E-state index in [1.54, 1.807) is 30.3 Å². The predicted molar refractivity (Wildman–Crippen MR) is 141 cm³/mol. The maximum atomic E-state index is 12.0. The predicted octanol–water partition coefficient (Wildman–Crippen LogP) is 5.68. The molecule has 1 amide bonds. The molecule has 0 radical (unpaired) electrons. The third-order valence-corrected chi connectivity index (χ3v) is 6.43. The molecule has 11 heteroatoms. The molecule has 0 saturated carbocycles. The van der Waals surface area contributed by atoms with Crippen molar-refractivity contribution in [1.82, 2.24) is 5.43 Å². The van der Waals surface area contributed by atoms with Crippen molar-refractivity contribution >= 4 is 63.8 Å². The van der Waals surface area contributed by atoms with Gasteiger partial charge in [-0.2, -0.15) is 5.10 Å². The summed E-state index contributed by atoms with van der Waals surface area (Å²) < 4.78 is 12.1. The largest absolute Gasteiger partial charge is 0.493 e. The van der Waals surface area contributed by atoms with E-state index in [1.165, 1.54) is 37.2 Å². The van der Waals surface area contributed by atoms with Gasteiger partial charge in [-0.25, -0.2) is 5.43 Å². The zero-order valence-corrected chi connectivity index (χ0v) is 21.6. The Morgan fingerprint density at radius 2 is 1.91 bits per heavy atom. The molecule has 0 atom stereocenters. The number of nitro groups is 1. The molecule has 3 aromatic rings. The summed E-state index contributed by atoms with van der Waals surface area (Å²) in [5, 5.41) is 15.4. The van der Waals surface area contributed by atoms with Gasteiger partial charge in [0.05, 0.1) is 27.6 Å². The maximum Gasteiger partial charge on any atom is 0.269 e. The molecule has 3 aromatic carbocycles. The van der Waals surface area contributed by atoms with Crippen LogP contribution in [0, 0.1) is 13.7 Å². The minimum atomic E-state index is -0.447. The Bertz CT molecular complexity index is 1190. The standard InChI is InChI=1S/C23H19ClIN3O5S/c1-32-21-11-16(12-26-27-22(29)14-34-19-8-4-17(24)5-9-19)10-20(25)23(21)33-13-15-2-6-18(7-3-15)28(30)31/h2-12H,13-14H2,1H3,(H,27,29)/b26-12-. The molecule has 0 aliphatic rings. The first-order valence-electron chi connectivity index (χ1n) is 9.79. The number of benzene rings is 3. The number of hydrogen-bond donors (Lipinski definition) is 1. The number of nitrogens with zero attached hydrogens (tertiary/aromatic N) is 2. The molecular formula is C23H19ClIN3O5S. The summed E-state index contributed by atoms with van der Waals surface area (Å²) in [6.07, 6.45) is 1.52. The maximum absolute atomic E-state index is 12.0. The van der Waals surface area contributed by atoms with Crippen LogP contribution >= 0.6 is 46.0 Å². The molecule has 0 heterocycles. The highest BCUT2D eigenvalue weighted by atomic mass is 127. The van der Waals surface area contributed by atoms with Gasteiger partial charge in [0.2, 0.25) is 5.91 Å². The minimum Gasteiger partial charge on any atom is -0.493 e. The molecule has 34 heavy (non-hydrogen) atoms. The van der Waals surface area contributed by atoms with Gasteiger partial charge in [0.25, 0.3) is 5.69 Å². The molecule has 0 spiro atoms. The zero-order valence-electron chi connectivity index (χ0n) is 17.9. The van der Waals surface area contributed by atoms with Crippen molar-refractivity contribution in [2.45, 2.75) is 11.5 Å². The van der Waals surface area contributed by atoms with Crippen LogP contribution in [0.25, 0.3) is 0 Å². The average Bonchev–Trinajstić information content (AvgIpc) is 2.83. The fourth-order valence-corrected chi connectivity index (χ4v) is 4.31. The third-order valence-electron chi connectivity index (χ3n) is 4.37. The summed E-state index contributed by atoms with van der Waals surface area (Å²) in [6, 6.07) is 17.0. The molecule has 8 nitrogen and oxygen atoms in total. The van der Waals surface area contributed by atoms with E-state index in [9.17, 15) is 14.9 Å². The molecule has 0 unspecified atom stereocenters. The topological polar surface area (TPSA) is 103 Å². The van der Waals surface area contributed by atoms with Gasteiger partial charge < -0.3 is 9.47 Å². The second kappa shape index (κ2) is 12.6. The van der Waals surface area contributed by atoms with Crippen LogP contribution in [0.2, 0.25) is 5.02 Å². The van der Waals surface area contributed by atoms with Gasteiger partial charge in [-0.3, -0.25) is 14.9 Å². The number of non-ortho nitro benzene ring substituents is 1. The summed E-state index contributed by atoms with van der Waals surface area (Å²) in [5.41, 5.74) is 4.03. The van der Waals surface area contributed by atoms with Crippen LogP contribution in [0.5, 0.6) is 11.5 Å². The lowest BCUT2D eigenvalue weighted by atomic mass is 10.2. The summed E-state index contributed by atoms with van der Waals surface area (Å²) in [7, 11) is 1.53. The van der Waals surface area contributed by atoms with Crippen molar-refractivity contribution < 1.29 is 19.2 Å². The lowest BCUT2D eigenvalue weighted by Gasteiger charge is -2.13. The van der Waals surface area contributed by atoms with Crippen LogP contribution in [0.1, 0.15) is 11.1 Å². The Balaban J connectivity index is 1.57. The Hall–Kier alpha value is -2.83. The number of halogens is 2. The number of hydrazone groups is 1. The van der Waals surface area contributed by atoms with E-state index in [4.69, 9.17) is 21.1 Å². The number of carbonyl (C=O) groups excluding carboxylic acids is 1. The van der Waals surface area contributed by atoms with Gasteiger partial charge in [-0.15, -0.1) is 11.8 Å². The number of nitro benzene ring substituents is 1. The number of rotatable bonds is 10. The lowest BCUT2D eigenvalue weighted by molar-refractivity contribution is -0.384. The fourth-order valence-electron chi connectivity index (χ4n) is 2.71. The van der Waals surface area contributed by atoms with Crippen LogP contribution in [0.4, 0.5) is 5.69 Å². The molecule has 0 fully saturated rings. The van der Waals surface area contributed by atoms with E-state index >= 15 is 0 Å². The molecule has 1 N–H and O–H groups in total. The Kier molecular flexibility index (Phi) is 9.54. The normalized spacial score (nSPS) is 10.8. The van der Waals surface area contributed by atoms with Crippen LogP contribution in [-0.4, -0.2) is 29.9 Å². The molecule has 0 aliphatic carbocycles. The number of carbonyl (C=O) groups is 1. The molecule has 176 valence electrons. The number of hydrogen-bond acceptors (Lipinski definition) is 7. The Labute approximate surface area is 219 Å². The van der Waals surface area contributed by atoms with Gasteiger partial charge in [-0.05, 0) is 82.2 Å². The van der Waals surface area contributed by atoms with E-state index < -0.39 is 4.92 Å². The number of nitrogens with one attached hydrogen (secondary N) is 1. The molecular weight excluding hydrogens is 593 g/mol. The van der Waals surface area contributed by atoms with Crippen molar-refractivity contribution in [2.75, 3.05) is 12.9 Å². The quantitative estimate of drug-likeness (QED) is 0.104. The fraction of sp³-hybridized carbons (Fsp3) is 0.130. The highest BCUT2D eigenvalue weighted by molar-refractivity contribution is 14.1. The van der Waals surface area contributed by atoms with E-state index in [0.29, 0.717) is 16.5 Å². The van der Waals surface area contributed by atoms with Gasteiger partial charge in [0, 0.05) is 22.1 Å². The van der Waals surface area contributed by atoms with Gasteiger partial charge >= 0.3 is 0 Å². The minimum absolute atomic E-state index is 0.0233. The summed E-state index contributed by atoms with van der Waals surface area (Å²) in [6.45, 7) is 0.221. The first-order chi connectivity index (χ1) is 16.4. The van der Waals surface area contributed by atoms with Crippen LogP contribution in [0.15, 0.2) is 70.7 Å². The third kappa shape index (κ3) is 7.61. The molecule has 0 aliphatic heterocycles.